The Morgan fingerprint density at radius 2 is 0.380 bits per heavy atom. The standard InChI is InChI=1S/C12H11P.3C12H10.ClH/c13-12-9-5-4-8-11(12)10-6-2-1-3-7-10;3*1-3-7-11(8-4-1)12-9-5-2-6-10-12;/h1-9H,13H2;3*1-10H;1H. The molecule has 1 atom stereocenters. The van der Waals surface area contributed by atoms with E-state index < -0.39 is 0 Å². The second-order valence-electron chi connectivity index (χ2n) is 11.1. The van der Waals surface area contributed by atoms with E-state index in [1.165, 1.54) is 49.8 Å². The predicted octanol–water partition coefficient (Wildman–Crippen LogP) is 13.3. The normalized spacial score (nSPS) is 9.54. The second-order valence-corrected chi connectivity index (χ2v) is 11.8. The van der Waals surface area contributed by atoms with Crippen molar-refractivity contribution in [1.82, 2.24) is 0 Å². The highest BCUT2D eigenvalue weighted by Crippen LogP contribution is 2.20. The minimum atomic E-state index is 0. The molecule has 0 aliphatic carbocycles. The van der Waals surface area contributed by atoms with Crippen LogP contribution in [0.15, 0.2) is 237 Å². The highest BCUT2D eigenvalue weighted by molar-refractivity contribution is 7.28. The molecule has 0 aromatic heterocycles. The lowest BCUT2D eigenvalue weighted by molar-refractivity contribution is 1.62. The number of hydrogen-bond donors (Lipinski definition) is 0. The topological polar surface area (TPSA) is 0 Å². The lowest BCUT2D eigenvalue weighted by atomic mass is 10.1. The molecular formula is C48H42ClP. The van der Waals surface area contributed by atoms with Crippen LogP contribution in [0.25, 0.3) is 44.5 Å². The highest BCUT2D eigenvalue weighted by atomic mass is 35.5. The summed E-state index contributed by atoms with van der Waals surface area (Å²) in [5.41, 5.74) is 10.2. The monoisotopic (exact) mass is 684 g/mol. The third-order valence-electron chi connectivity index (χ3n) is 7.69. The summed E-state index contributed by atoms with van der Waals surface area (Å²) >= 11 is 0. The molecule has 8 rings (SSSR count). The first-order valence-corrected chi connectivity index (χ1v) is 17.1. The summed E-state index contributed by atoms with van der Waals surface area (Å²) in [6, 6.07) is 81.1. The quantitative estimate of drug-likeness (QED) is 0.162. The van der Waals surface area contributed by atoms with Gasteiger partial charge in [0.05, 0.1) is 0 Å². The van der Waals surface area contributed by atoms with Crippen LogP contribution in [0.2, 0.25) is 0 Å². The highest BCUT2D eigenvalue weighted by Gasteiger charge is 1.98. The molecule has 0 radical (unpaired) electrons. The van der Waals surface area contributed by atoms with Crippen molar-refractivity contribution in [2.75, 3.05) is 0 Å². The number of benzene rings is 8. The van der Waals surface area contributed by atoms with Gasteiger partial charge in [-0.15, -0.1) is 21.6 Å². The Morgan fingerprint density at radius 1 is 0.200 bits per heavy atom. The van der Waals surface area contributed by atoms with Crippen LogP contribution < -0.4 is 5.30 Å². The summed E-state index contributed by atoms with van der Waals surface area (Å²) in [6.45, 7) is 0. The van der Waals surface area contributed by atoms with Crippen molar-refractivity contribution in [3.8, 4) is 44.5 Å². The Kier molecular flexibility index (Phi) is 16.0. The first kappa shape index (κ1) is 37.3. The maximum absolute atomic E-state index is 2.76. The zero-order valence-corrected chi connectivity index (χ0v) is 30.0. The second kappa shape index (κ2) is 21.5. The van der Waals surface area contributed by atoms with Crippen molar-refractivity contribution in [3.63, 3.8) is 0 Å². The molecule has 0 N–H and O–H groups in total. The molecule has 246 valence electrons. The fourth-order valence-electron chi connectivity index (χ4n) is 5.16. The van der Waals surface area contributed by atoms with Gasteiger partial charge in [0.25, 0.3) is 0 Å². The summed E-state index contributed by atoms with van der Waals surface area (Å²) in [6.07, 6.45) is 0. The molecule has 8 aromatic rings. The van der Waals surface area contributed by atoms with Gasteiger partial charge in [-0.25, -0.2) is 0 Å². The van der Waals surface area contributed by atoms with Crippen molar-refractivity contribution in [3.05, 3.63) is 237 Å². The van der Waals surface area contributed by atoms with E-state index in [-0.39, 0.29) is 12.4 Å². The number of hydrogen-bond acceptors (Lipinski definition) is 0. The Morgan fingerprint density at radius 3 is 0.600 bits per heavy atom. The molecule has 2 heteroatoms. The lowest BCUT2D eigenvalue weighted by Crippen LogP contribution is -1.94. The molecule has 0 saturated carbocycles. The van der Waals surface area contributed by atoms with E-state index in [0.29, 0.717) is 0 Å². The predicted molar refractivity (Wildman–Crippen MR) is 224 cm³/mol. The van der Waals surface area contributed by atoms with Gasteiger partial charge in [-0.2, -0.15) is 0 Å². The van der Waals surface area contributed by atoms with Crippen molar-refractivity contribution in [2.45, 2.75) is 0 Å². The van der Waals surface area contributed by atoms with Gasteiger partial charge in [0.1, 0.15) is 0 Å². The van der Waals surface area contributed by atoms with Gasteiger partial charge in [-0.3, -0.25) is 0 Å². The molecule has 0 aliphatic rings. The van der Waals surface area contributed by atoms with Gasteiger partial charge in [0.15, 0.2) is 0 Å². The van der Waals surface area contributed by atoms with Crippen LogP contribution >= 0.6 is 21.6 Å². The van der Waals surface area contributed by atoms with E-state index in [1.54, 1.807) is 0 Å². The smallest absolute Gasteiger partial charge is 0.0112 e. The van der Waals surface area contributed by atoms with Crippen LogP contribution in [0.1, 0.15) is 0 Å². The van der Waals surface area contributed by atoms with Crippen molar-refractivity contribution in [2.24, 2.45) is 0 Å². The van der Waals surface area contributed by atoms with Crippen LogP contribution in [-0.2, 0) is 0 Å². The summed E-state index contributed by atoms with van der Waals surface area (Å²) in [7, 11) is 2.76. The van der Waals surface area contributed by atoms with E-state index in [0.717, 1.165) is 0 Å². The molecule has 0 saturated heterocycles. The number of halogens is 1. The van der Waals surface area contributed by atoms with Crippen LogP contribution in [0.4, 0.5) is 0 Å². The fourth-order valence-corrected chi connectivity index (χ4v) is 5.54. The first-order chi connectivity index (χ1) is 24.3. The molecule has 0 bridgehead atoms. The molecule has 0 nitrogen and oxygen atoms in total. The number of rotatable bonds is 4. The average Bonchev–Trinajstić information content (AvgIpc) is 3.21. The van der Waals surface area contributed by atoms with Crippen LogP contribution in [0, 0.1) is 0 Å². The van der Waals surface area contributed by atoms with Gasteiger partial charge in [0, 0.05) is 0 Å². The van der Waals surface area contributed by atoms with Crippen molar-refractivity contribution >= 4 is 27.0 Å². The molecule has 0 heterocycles. The minimum absolute atomic E-state index is 0. The van der Waals surface area contributed by atoms with Gasteiger partial charge >= 0.3 is 0 Å². The molecule has 0 amide bonds. The molecule has 1 unspecified atom stereocenters. The van der Waals surface area contributed by atoms with E-state index in [1.807, 2.05) is 42.5 Å². The largest absolute Gasteiger partial charge is 0.147 e. The SMILES string of the molecule is Cl.Pc1ccccc1-c1ccccc1.c1ccc(-c2ccccc2)cc1.c1ccc(-c2ccccc2)cc1.c1ccc(-c2ccccc2)cc1. The van der Waals surface area contributed by atoms with E-state index in [9.17, 15) is 0 Å². The minimum Gasteiger partial charge on any atom is -0.147 e. The van der Waals surface area contributed by atoms with Crippen LogP contribution in [0.3, 0.4) is 0 Å². The maximum atomic E-state index is 2.76. The molecule has 0 aliphatic heterocycles. The summed E-state index contributed by atoms with van der Waals surface area (Å²) in [4.78, 5) is 0. The lowest BCUT2D eigenvalue weighted by Gasteiger charge is -2.03. The first-order valence-electron chi connectivity index (χ1n) is 16.5. The Hall–Kier alpha value is -5.52. The fraction of sp³-hybridized carbons (Fsp3) is 0. The molecule has 8 aromatic carbocycles. The third-order valence-corrected chi connectivity index (χ3v) is 8.19. The Labute approximate surface area is 306 Å². The summed E-state index contributed by atoms with van der Waals surface area (Å²) in [5.74, 6) is 0. The average molecular weight is 685 g/mol. The zero-order valence-electron chi connectivity index (χ0n) is 28.0. The Bertz CT molecular complexity index is 1730. The molecule has 0 fully saturated rings. The van der Waals surface area contributed by atoms with Gasteiger partial charge < -0.3 is 0 Å². The Balaban J connectivity index is 0.000000149. The van der Waals surface area contributed by atoms with E-state index >= 15 is 0 Å². The van der Waals surface area contributed by atoms with Gasteiger partial charge in [-0.05, 0) is 49.8 Å². The maximum Gasteiger partial charge on any atom is -0.0112 e. The van der Waals surface area contributed by atoms with E-state index in [2.05, 4.69) is 203 Å². The molecule has 50 heavy (non-hydrogen) atoms. The summed E-state index contributed by atoms with van der Waals surface area (Å²) < 4.78 is 0. The van der Waals surface area contributed by atoms with Crippen molar-refractivity contribution in [1.29, 1.82) is 0 Å². The molecule has 0 spiro atoms. The van der Waals surface area contributed by atoms with Crippen molar-refractivity contribution < 1.29 is 0 Å². The van der Waals surface area contributed by atoms with Gasteiger partial charge in [0.2, 0.25) is 0 Å². The third kappa shape index (κ3) is 12.2. The van der Waals surface area contributed by atoms with Gasteiger partial charge in [-0.1, -0.05) is 237 Å². The molecular weight excluding hydrogens is 643 g/mol. The van der Waals surface area contributed by atoms with Crippen LogP contribution in [-0.4, -0.2) is 0 Å². The van der Waals surface area contributed by atoms with Crippen LogP contribution in [0.5, 0.6) is 0 Å². The van der Waals surface area contributed by atoms with E-state index in [4.69, 9.17) is 0 Å². The zero-order chi connectivity index (χ0) is 33.8. The summed E-state index contributed by atoms with van der Waals surface area (Å²) in [5, 5.41) is 1.24.